The second-order valence-electron chi connectivity index (χ2n) is 4.19. The van der Waals surface area contributed by atoms with E-state index in [1.807, 2.05) is 13.8 Å². The summed E-state index contributed by atoms with van der Waals surface area (Å²) in [5.74, 6) is 0.595. The molecule has 0 saturated carbocycles. The predicted octanol–water partition coefficient (Wildman–Crippen LogP) is 3.58. The summed E-state index contributed by atoms with van der Waals surface area (Å²) in [6, 6.07) is 4.70. The Balaban J connectivity index is 2.76. The molecule has 1 atom stereocenters. The van der Waals surface area contributed by atoms with Crippen LogP contribution in [0, 0.1) is 5.92 Å². The lowest BCUT2D eigenvalue weighted by atomic mass is 10.1. The number of benzene rings is 1. The van der Waals surface area contributed by atoms with E-state index in [-0.39, 0.29) is 11.5 Å². The van der Waals surface area contributed by atoms with E-state index < -0.39 is 10.8 Å². The van der Waals surface area contributed by atoms with Gasteiger partial charge in [-0.2, -0.15) is 0 Å². The molecule has 1 aromatic carbocycles. The Morgan fingerprint density at radius 2 is 2.00 bits per heavy atom. The van der Waals surface area contributed by atoms with Crippen LogP contribution >= 0.6 is 23.2 Å². The Hall–Kier alpha value is -0.380. The van der Waals surface area contributed by atoms with Gasteiger partial charge in [-0.25, -0.2) is 0 Å². The Morgan fingerprint density at radius 3 is 2.59 bits per heavy atom. The van der Waals surface area contributed by atoms with Crippen LogP contribution in [0.4, 0.5) is 0 Å². The van der Waals surface area contributed by atoms with Crippen LogP contribution in [0.15, 0.2) is 18.2 Å². The van der Waals surface area contributed by atoms with Gasteiger partial charge in [0.05, 0.1) is 10.8 Å². The van der Waals surface area contributed by atoms with E-state index in [0.29, 0.717) is 27.3 Å². The molecule has 2 nitrogen and oxygen atoms in total. The Kier molecular flexibility index (Phi) is 5.63. The highest BCUT2D eigenvalue weighted by atomic mass is 35.5. The molecule has 0 amide bonds. The van der Waals surface area contributed by atoms with Gasteiger partial charge in [-0.3, -0.25) is 9.00 Å². The predicted molar refractivity (Wildman–Crippen MR) is 73.5 cm³/mol. The molecule has 5 heteroatoms. The van der Waals surface area contributed by atoms with Crippen molar-refractivity contribution in [2.45, 2.75) is 13.8 Å². The molecule has 0 bridgehead atoms. The third-order valence-electron chi connectivity index (χ3n) is 2.04. The van der Waals surface area contributed by atoms with Crippen LogP contribution in [0.2, 0.25) is 10.0 Å². The van der Waals surface area contributed by atoms with Crippen molar-refractivity contribution >= 4 is 39.8 Å². The van der Waals surface area contributed by atoms with Crippen molar-refractivity contribution in [3.63, 3.8) is 0 Å². The molecule has 0 spiro atoms. The fourth-order valence-corrected chi connectivity index (χ4v) is 3.07. The zero-order valence-corrected chi connectivity index (χ0v) is 12.0. The minimum absolute atomic E-state index is 0.00174. The molecule has 1 rings (SSSR count). The standard InChI is InChI=1S/C12H14Cl2O2S/c1-8(2)6-17(16)7-12(15)10-5-9(13)3-4-11(10)14/h3-5,8H,6-7H2,1-2H3. The monoisotopic (exact) mass is 292 g/mol. The lowest BCUT2D eigenvalue weighted by Crippen LogP contribution is -2.16. The van der Waals surface area contributed by atoms with Gasteiger partial charge in [-0.1, -0.05) is 37.0 Å². The van der Waals surface area contributed by atoms with E-state index in [2.05, 4.69) is 0 Å². The lowest BCUT2D eigenvalue weighted by Gasteiger charge is -2.06. The first-order valence-electron chi connectivity index (χ1n) is 5.23. The number of halogens is 2. The third-order valence-corrected chi connectivity index (χ3v) is 4.23. The normalized spacial score (nSPS) is 12.8. The number of ketones is 1. The largest absolute Gasteiger partial charge is 0.293 e. The van der Waals surface area contributed by atoms with Crippen LogP contribution < -0.4 is 0 Å². The summed E-state index contributed by atoms with van der Waals surface area (Å²) in [5, 5.41) is 0.799. The molecule has 0 fully saturated rings. The number of rotatable bonds is 5. The fraction of sp³-hybridized carbons (Fsp3) is 0.417. The molecule has 17 heavy (non-hydrogen) atoms. The summed E-state index contributed by atoms with van der Waals surface area (Å²) in [7, 11) is -1.15. The van der Waals surface area contributed by atoms with Crippen LogP contribution in [-0.4, -0.2) is 21.5 Å². The van der Waals surface area contributed by atoms with Crippen molar-refractivity contribution in [2.24, 2.45) is 5.92 Å². The van der Waals surface area contributed by atoms with Gasteiger partial charge in [0.1, 0.15) is 0 Å². The topological polar surface area (TPSA) is 34.1 Å². The molecule has 0 aliphatic heterocycles. The molecule has 1 unspecified atom stereocenters. The first kappa shape index (κ1) is 14.7. The minimum atomic E-state index is -1.15. The highest BCUT2D eigenvalue weighted by Gasteiger charge is 2.15. The maximum absolute atomic E-state index is 11.9. The van der Waals surface area contributed by atoms with Crippen molar-refractivity contribution in [2.75, 3.05) is 11.5 Å². The molecular weight excluding hydrogens is 279 g/mol. The molecule has 0 aromatic heterocycles. The van der Waals surface area contributed by atoms with Crippen molar-refractivity contribution < 1.29 is 9.00 Å². The Labute approximate surface area is 114 Å². The number of carbonyl (C=O) groups excluding carboxylic acids is 1. The average molecular weight is 293 g/mol. The van der Waals surface area contributed by atoms with E-state index in [9.17, 15) is 9.00 Å². The highest BCUT2D eigenvalue weighted by Crippen LogP contribution is 2.21. The number of carbonyl (C=O) groups is 1. The van der Waals surface area contributed by atoms with Crippen molar-refractivity contribution in [1.82, 2.24) is 0 Å². The summed E-state index contributed by atoms with van der Waals surface area (Å²) >= 11 is 11.7. The number of Topliss-reactive ketones (excluding diaryl/α,β-unsaturated/α-hetero) is 1. The summed E-state index contributed by atoms with van der Waals surface area (Å²) in [5.41, 5.74) is 0.344. The average Bonchev–Trinajstić information content (AvgIpc) is 2.20. The van der Waals surface area contributed by atoms with Gasteiger partial charge in [-0.15, -0.1) is 0 Å². The van der Waals surface area contributed by atoms with Gasteiger partial charge < -0.3 is 0 Å². The highest BCUT2D eigenvalue weighted by molar-refractivity contribution is 7.85. The van der Waals surface area contributed by atoms with Gasteiger partial charge >= 0.3 is 0 Å². The van der Waals surface area contributed by atoms with Crippen LogP contribution in [0.3, 0.4) is 0 Å². The quantitative estimate of drug-likeness (QED) is 0.778. The van der Waals surface area contributed by atoms with E-state index >= 15 is 0 Å². The number of hydrogen-bond acceptors (Lipinski definition) is 2. The first-order chi connectivity index (χ1) is 7.90. The zero-order valence-electron chi connectivity index (χ0n) is 9.70. The summed E-state index contributed by atoms with van der Waals surface area (Å²) in [6.07, 6.45) is 0. The third kappa shape index (κ3) is 4.78. The summed E-state index contributed by atoms with van der Waals surface area (Å²) in [4.78, 5) is 11.9. The van der Waals surface area contributed by atoms with E-state index in [1.165, 1.54) is 6.07 Å². The zero-order chi connectivity index (χ0) is 13.0. The Bertz CT molecular complexity index is 444. The van der Waals surface area contributed by atoms with Gasteiger partial charge in [-0.05, 0) is 24.1 Å². The maximum atomic E-state index is 11.9. The maximum Gasteiger partial charge on any atom is 0.176 e. The first-order valence-corrected chi connectivity index (χ1v) is 7.47. The fourth-order valence-electron chi connectivity index (χ4n) is 1.37. The van der Waals surface area contributed by atoms with E-state index in [1.54, 1.807) is 12.1 Å². The van der Waals surface area contributed by atoms with Gasteiger partial charge in [0.25, 0.3) is 0 Å². The molecule has 0 radical (unpaired) electrons. The summed E-state index contributed by atoms with van der Waals surface area (Å²) < 4.78 is 11.6. The van der Waals surface area contributed by atoms with E-state index in [0.717, 1.165) is 0 Å². The number of hydrogen-bond donors (Lipinski definition) is 0. The molecule has 0 heterocycles. The van der Waals surface area contributed by atoms with Crippen LogP contribution in [0.5, 0.6) is 0 Å². The Morgan fingerprint density at radius 1 is 1.35 bits per heavy atom. The van der Waals surface area contributed by atoms with Crippen molar-refractivity contribution in [3.8, 4) is 0 Å². The lowest BCUT2D eigenvalue weighted by molar-refractivity contribution is 0.102. The molecule has 1 aromatic rings. The molecule has 0 aliphatic rings. The van der Waals surface area contributed by atoms with Crippen molar-refractivity contribution in [3.05, 3.63) is 33.8 Å². The molecule has 0 saturated heterocycles. The summed E-state index contributed by atoms with van der Waals surface area (Å²) in [6.45, 7) is 3.93. The second-order valence-corrected chi connectivity index (χ2v) is 6.54. The minimum Gasteiger partial charge on any atom is -0.293 e. The molecule has 94 valence electrons. The molecule has 0 aliphatic carbocycles. The second kappa shape index (κ2) is 6.53. The SMILES string of the molecule is CC(C)CS(=O)CC(=O)c1cc(Cl)ccc1Cl. The van der Waals surface area contributed by atoms with Gasteiger partial charge in [0, 0.05) is 27.1 Å². The van der Waals surface area contributed by atoms with E-state index in [4.69, 9.17) is 23.2 Å². The van der Waals surface area contributed by atoms with Crippen molar-refractivity contribution in [1.29, 1.82) is 0 Å². The van der Waals surface area contributed by atoms with Crippen LogP contribution in [0.25, 0.3) is 0 Å². The van der Waals surface area contributed by atoms with Gasteiger partial charge in [0.2, 0.25) is 0 Å². The molecule has 0 N–H and O–H groups in total. The van der Waals surface area contributed by atoms with Crippen LogP contribution in [0.1, 0.15) is 24.2 Å². The van der Waals surface area contributed by atoms with Gasteiger partial charge in [0.15, 0.2) is 5.78 Å². The smallest absolute Gasteiger partial charge is 0.176 e. The molecular formula is C12H14Cl2O2S. The van der Waals surface area contributed by atoms with Crippen LogP contribution in [-0.2, 0) is 10.8 Å².